The molecule has 0 aliphatic carbocycles. The van der Waals surface area contributed by atoms with E-state index >= 15 is 0 Å². The SMILES string of the molecule is CN1CCN(CC(NC(=O)c2cccc(S(=O)(=O)N3CCCCC3)c2)c2ccccc2)CC1. The molecule has 4 rings (SSSR count). The normalized spacial score (nSPS) is 19.8. The summed E-state index contributed by atoms with van der Waals surface area (Å²) >= 11 is 0. The lowest BCUT2D eigenvalue weighted by molar-refractivity contribution is 0.0907. The second-order valence-electron chi connectivity index (χ2n) is 9.03. The predicted molar refractivity (Wildman–Crippen MR) is 130 cm³/mol. The van der Waals surface area contributed by atoms with Crippen LogP contribution in [0.15, 0.2) is 59.5 Å². The summed E-state index contributed by atoms with van der Waals surface area (Å²) in [6, 6.07) is 16.2. The summed E-state index contributed by atoms with van der Waals surface area (Å²) in [5.74, 6) is -0.256. The van der Waals surface area contributed by atoms with E-state index in [4.69, 9.17) is 0 Å². The first-order valence-electron chi connectivity index (χ1n) is 11.8. The third-order valence-electron chi connectivity index (χ3n) is 6.59. The summed E-state index contributed by atoms with van der Waals surface area (Å²) in [5, 5.41) is 3.16. The quantitative estimate of drug-likeness (QED) is 0.673. The molecule has 2 aliphatic rings. The Morgan fingerprint density at radius 3 is 2.30 bits per heavy atom. The maximum atomic E-state index is 13.2. The Hall–Kier alpha value is -2.26. The third kappa shape index (κ3) is 6.00. The minimum atomic E-state index is -3.59. The Morgan fingerprint density at radius 2 is 1.61 bits per heavy atom. The van der Waals surface area contributed by atoms with Gasteiger partial charge in [0.05, 0.1) is 10.9 Å². The van der Waals surface area contributed by atoms with Gasteiger partial charge in [-0.25, -0.2) is 8.42 Å². The van der Waals surface area contributed by atoms with Crippen molar-refractivity contribution in [3.8, 4) is 0 Å². The molecule has 1 N–H and O–H groups in total. The van der Waals surface area contributed by atoms with Gasteiger partial charge in [-0.3, -0.25) is 9.69 Å². The van der Waals surface area contributed by atoms with Crippen LogP contribution in [0.3, 0.4) is 0 Å². The zero-order valence-electron chi connectivity index (χ0n) is 19.3. The van der Waals surface area contributed by atoms with Crippen molar-refractivity contribution < 1.29 is 13.2 Å². The Bertz CT molecular complexity index is 1030. The molecule has 1 atom stereocenters. The van der Waals surface area contributed by atoms with Gasteiger partial charge in [-0.15, -0.1) is 0 Å². The molecule has 178 valence electrons. The topological polar surface area (TPSA) is 73.0 Å². The fourth-order valence-corrected chi connectivity index (χ4v) is 6.07. The van der Waals surface area contributed by atoms with Crippen LogP contribution in [0.2, 0.25) is 0 Å². The van der Waals surface area contributed by atoms with E-state index in [2.05, 4.69) is 22.2 Å². The minimum Gasteiger partial charge on any atom is -0.344 e. The first-order valence-corrected chi connectivity index (χ1v) is 13.2. The Morgan fingerprint density at radius 1 is 0.909 bits per heavy atom. The van der Waals surface area contributed by atoms with Crippen LogP contribution in [0.5, 0.6) is 0 Å². The molecule has 2 heterocycles. The minimum absolute atomic E-state index is 0.176. The molecule has 0 bridgehead atoms. The Labute approximate surface area is 197 Å². The van der Waals surface area contributed by atoms with Crippen molar-refractivity contribution in [2.24, 2.45) is 0 Å². The third-order valence-corrected chi connectivity index (χ3v) is 8.49. The van der Waals surface area contributed by atoms with Crippen LogP contribution in [0.4, 0.5) is 0 Å². The van der Waals surface area contributed by atoms with E-state index in [-0.39, 0.29) is 16.8 Å². The molecule has 8 heteroatoms. The van der Waals surface area contributed by atoms with E-state index in [1.165, 1.54) is 10.4 Å². The van der Waals surface area contributed by atoms with E-state index in [1.54, 1.807) is 18.2 Å². The van der Waals surface area contributed by atoms with Crippen molar-refractivity contribution in [2.75, 3.05) is 52.9 Å². The van der Waals surface area contributed by atoms with Gasteiger partial charge in [0.1, 0.15) is 0 Å². The van der Waals surface area contributed by atoms with Gasteiger partial charge in [0.15, 0.2) is 0 Å². The number of carbonyl (C=O) groups excluding carboxylic acids is 1. The molecule has 1 amide bonds. The van der Waals surface area contributed by atoms with Crippen LogP contribution in [0, 0.1) is 0 Å². The summed E-state index contributed by atoms with van der Waals surface area (Å²) in [6.45, 7) is 5.73. The monoisotopic (exact) mass is 470 g/mol. The Kier molecular flexibility index (Phi) is 7.80. The summed E-state index contributed by atoms with van der Waals surface area (Å²) < 4.78 is 27.7. The number of nitrogens with one attached hydrogen (secondary N) is 1. The number of sulfonamides is 1. The lowest BCUT2D eigenvalue weighted by Crippen LogP contribution is -2.47. The molecule has 0 aromatic heterocycles. The zero-order valence-corrected chi connectivity index (χ0v) is 20.1. The molecular formula is C25H34N4O3S. The van der Waals surface area contributed by atoms with E-state index in [0.717, 1.165) is 57.5 Å². The highest BCUT2D eigenvalue weighted by molar-refractivity contribution is 7.89. The van der Waals surface area contributed by atoms with Crippen molar-refractivity contribution in [1.29, 1.82) is 0 Å². The maximum absolute atomic E-state index is 13.2. The maximum Gasteiger partial charge on any atom is 0.251 e. The first-order chi connectivity index (χ1) is 15.9. The lowest BCUT2D eigenvalue weighted by Gasteiger charge is -2.35. The highest BCUT2D eigenvalue weighted by atomic mass is 32.2. The molecular weight excluding hydrogens is 436 g/mol. The van der Waals surface area contributed by atoms with Gasteiger partial charge >= 0.3 is 0 Å². The van der Waals surface area contributed by atoms with Gasteiger partial charge in [0.2, 0.25) is 10.0 Å². The van der Waals surface area contributed by atoms with Crippen molar-refractivity contribution in [2.45, 2.75) is 30.2 Å². The highest BCUT2D eigenvalue weighted by Gasteiger charge is 2.27. The van der Waals surface area contributed by atoms with Crippen molar-refractivity contribution in [3.05, 3.63) is 65.7 Å². The molecule has 33 heavy (non-hydrogen) atoms. The number of carbonyl (C=O) groups is 1. The van der Waals surface area contributed by atoms with Crippen LogP contribution in [0.25, 0.3) is 0 Å². The average Bonchev–Trinajstić information content (AvgIpc) is 2.86. The highest BCUT2D eigenvalue weighted by Crippen LogP contribution is 2.22. The van der Waals surface area contributed by atoms with Gasteiger partial charge in [0.25, 0.3) is 5.91 Å². The van der Waals surface area contributed by atoms with Crippen LogP contribution in [-0.4, -0.2) is 81.3 Å². The smallest absolute Gasteiger partial charge is 0.251 e. The van der Waals surface area contributed by atoms with Crippen LogP contribution >= 0.6 is 0 Å². The van der Waals surface area contributed by atoms with E-state index < -0.39 is 10.0 Å². The van der Waals surface area contributed by atoms with E-state index in [9.17, 15) is 13.2 Å². The van der Waals surface area contributed by atoms with E-state index in [1.807, 2.05) is 30.3 Å². The number of hydrogen-bond donors (Lipinski definition) is 1. The molecule has 2 saturated heterocycles. The van der Waals surface area contributed by atoms with Crippen LogP contribution < -0.4 is 5.32 Å². The molecule has 0 saturated carbocycles. The van der Waals surface area contributed by atoms with Crippen molar-refractivity contribution in [3.63, 3.8) is 0 Å². The number of benzene rings is 2. The standard InChI is InChI=1S/C25H34N4O3S/c1-27-15-17-28(18-16-27)20-24(21-9-4-2-5-10-21)26-25(30)22-11-8-12-23(19-22)33(31,32)29-13-6-3-7-14-29/h2,4-5,8-12,19,24H,3,6-7,13-18,20H2,1H3,(H,26,30). The number of piperazine rings is 1. The van der Waals surface area contributed by atoms with Gasteiger partial charge in [-0.2, -0.15) is 4.31 Å². The van der Waals surface area contributed by atoms with Gasteiger partial charge in [-0.1, -0.05) is 42.8 Å². The summed E-state index contributed by atoms with van der Waals surface area (Å²) in [4.78, 5) is 18.1. The average molecular weight is 471 g/mol. The van der Waals surface area contributed by atoms with Gasteiger partial charge in [0, 0.05) is 51.4 Å². The molecule has 2 aliphatic heterocycles. The molecule has 0 spiro atoms. The van der Waals surface area contributed by atoms with Gasteiger partial charge < -0.3 is 10.2 Å². The molecule has 7 nitrogen and oxygen atoms in total. The van der Waals surface area contributed by atoms with Crippen molar-refractivity contribution in [1.82, 2.24) is 19.4 Å². The Balaban J connectivity index is 1.51. The number of piperidine rings is 1. The van der Waals surface area contributed by atoms with Crippen LogP contribution in [0.1, 0.15) is 41.2 Å². The first kappa shape index (κ1) is 23.9. The summed E-state index contributed by atoms with van der Waals surface area (Å²) in [6.07, 6.45) is 2.82. The predicted octanol–water partition coefficient (Wildman–Crippen LogP) is 2.58. The van der Waals surface area contributed by atoms with Crippen LogP contribution in [-0.2, 0) is 10.0 Å². The number of hydrogen-bond acceptors (Lipinski definition) is 5. The largest absolute Gasteiger partial charge is 0.344 e. The van der Waals surface area contributed by atoms with E-state index in [0.29, 0.717) is 18.7 Å². The zero-order chi connectivity index (χ0) is 23.3. The summed E-state index contributed by atoms with van der Waals surface area (Å²) in [5.41, 5.74) is 1.41. The fourth-order valence-electron chi connectivity index (χ4n) is 4.50. The number of nitrogens with zero attached hydrogens (tertiary/aromatic N) is 3. The fraction of sp³-hybridized carbons (Fsp3) is 0.480. The number of likely N-dealkylation sites (N-methyl/N-ethyl adjacent to an activating group) is 1. The molecule has 2 aromatic carbocycles. The lowest BCUT2D eigenvalue weighted by atomic mass is 10.0. The molecule has 0 radical (unpaired) electrons. The second-order valence-corrected chi connectivity index (χ2v) is 11.0. The summed E-state index contributed by atoms with van der Waals surface area (Å²) in [7, 11) is -1.46. The molecule has 2 fully saturated rings. The number of rotatable bonds is 7. The molecule has 1 unspecified atom stereocenters. The van der Waals surface area contributed by atoms with Crippen molar-refractivity contribution >= 4 is 15.9 Å². The van der Waals surface area contributed by atoms with Gasteiger partial charge in [-0.05, 0) is 43.7 Å². The number of amides is 1. The second kappa shape index (κ2) is 10.8. The molecule has 2 aromatic rings.